The molecule has 0 N–H and O–H groups in total. The van der Waals surface area contributed by atoms with Crippen molar-refractivity contribution >= 4 is 5.91 Å². The smallest absolute Gasteiger partial charge is 0.254 e. The van der Waals surface area contributed by atoms with E-state index in [-0.39, 0.29) is 23.4 Å². The van der Waals surface area contributed by atoms with Gasteiger partial charge < -0.3 is 14.0 Å². The lowest BCUT2D eigenvalue weighted by molar-refractivity contribution is 0.0679. The molecule has 1 aliphatic rings. The summed E-state index contributed by atoms with van der Waals surface area (Å²) in [5.74, 6) is 1.91. The van der Waals surface area contributed by atoms with Crippen molar-refractivity contribution in [2.45, 2.75) is 52.7 Å². The van der Waals surface area contributed by atoms with Crippen LogP contribution in [0.2, 0.25) is 0 Å². The Morgan fingerprint density at radius 2 is 2.12 bits per heavy atom. The van der Waals surface area contributed by atoms with E-state index < -0.39 is 0 Å². The summed E-state index contributed by atoms with van der Waals surface area (Å²) >= 11 is 0. The van der Waals surface area contributed by atoms with Crippen LogP contribution in [0.25, 0.3) is 0 Å². The van der Waals surface area contributed by atoms with Crippen LogP contribution in [0.15, 0.2) is 23.1 Å². The summed E-state index contributed by atoms with van der Waals surface area (Å²) in [7, 11) is 0. The number of carbonyl (C=O) groups excluding carboxylic acids is 1. The molecule has 1 aliphatic heterocycles. The van der Waals surface area contributed by atoms with Crippen molar-refractivity contribution in [2.75, 3.05) is 6.54 Å². The molecule has 0 saturated heterocycles. The number of amides is 1. The van der Waals surface area contributed by atoms with Gasteiger partial charge in [-0.3, -0.25) is 9.59 Å². The van der Waals surface area contributed by atoms with Crippen LogP contribution in [0, 0.1) is 0 Å². The van der Waals surface area contributed by atoms with Gasteiger partial charge in [-0.1, -0.05) is 13.8 Å². The molecule has 7 heteroatoms. The Morgan fingerprint density at radius 1 is 1.38 bits per heavy atom. The van der Waals surface area contributed by atoms with Crippen molar-refractivity contribution in [3.63, 3.8) is 0 Å². The zero-order chi connectivity index (χ0) is 17.4. The number of carbonyl (C=O) groups is 1. The van der Waals surface area contributed by atoms with E-state index in [0.717, 1.165) is 11.6 Å². The third-order valence-corrected chi connectivity index (χ3v) is 4.44. The number of hydrogen-bond donors (Lipinski definition) is 0. The number of pyridine rings is 1. The van der Waals surface area contributed by atoms with Gasteiger partial charge in [-0.15, -0.1) is 10.2 Å². The average molecular weight is 329 g/mol. The highest BCUT2D eigenvalue weighted by Gasteiger charge is 2.30. The third-order valence-electron chi connectivity index (χ3n) is 4.44. The molecule has 0 aliphatic carbocycles. The molecule has 0 unspecified atom stereocenters. The first-order valence-corrected chi connectivity index (χ1v) is 8.35. The Bertz CT molecular complexity index is 821. The van der Waals surface area contributed by atoms with E-state index in [1.165, 1.54) is 6.07 Å². The minimum Gasteiger partial charge on any atom is -0.329 e. The minimum atomic E-state index is -0.154. The summed E-state index contributed by atoms with van der Waals surface area (Å²) in [5.41, 5.74) is 0.271. The molecule has 24 heavy (non-hydrogen) atoms. The molecule has 0 radical (unpaired) electrons. The average Bonchev–Trinajstić information content (AvgIpc) is 2.98. The van der Waals surface area contributed by atoms with Gasteiger partial charge >= 0.3 is 0 Å². The molecule has 0 fully saturated rings. The number of rotatable bonds is 3. The van der Waals surface area contributed by atoms with Gasteiger partial charge in [-0.05, 0) is 19.9 Å². The van der Waals surface area contributed by atoms with Crippen LogP contribution in [0.5, 0.6) is 0 Å². The van der Waals surface area contributed by atoms with Crippen LogP contribution in [0.4, 0.5) is 0 Å². The Morgan fingerprint density at radius 3 is 2.75 bits per heavy atom. The lowest BCUT2D eigenvalue weighted by atomic mass is 10.1. The van der Waals surface area contributed by atoms with Crippen molar-refractivity contribution in [2.24, 2.45) is 0 Å². The first-order valence-electron chi connectivity index (χ1n) is 8.35. The molecular weight excluding hydrogens is 306 g/mol. The van der Waals surface area contributed by atoms with E-state index in [9.17, 15) is 9.59 Å². The van der Waals surface area contributed by atoms with Crippen LogP contribution in [0.3, 0.4) is 0 Å². The van der Waals surface area contributed by atoms with E-state index in [2.05, 4.69) is 35.5 Å². The van der Waals surface area contributed by atoms with Gasteiger partial charge in [0, 0.05) is 36.8 Å². The fourth-order valence-corrected chi connectivity index (χ4v) is 3.19. The lowest BCUT2D eigenvalue weighted by Crippen LogP contribution is -2.41. The van der Waals surface area contributed by atoms with Crippen molar-refractivity contribution in [1.29, 1.82) is 0 Å². The molecule has 0 saturated carbocycles. The van der Waals surface area contributed by atoms with E-state index in [4.69, 9.17) is 0 Å². The fourth-order valence-electron chi connectivity index (χ4n) is 3.19. The van der Waals surface area contributed by atoms with Gasteiger partial charge in [0.1, 0.15) is 5.82 Å². The predicted octanol–water partition coefficient (Wildman–Crippen LogP) is 1.80. The third kappa shape index (κ3) is 2.74. The monoisotopic (exact) mass is 329 g/mol. The minimum absolute atomic E-state index is 0.112. The second-order valence-electron chi connectivity index (χ2n) is 6.57. The molecule has 0 aromatic carbocycles. The molecule has 0 spiro atoms. The van der Waals surface area contributed by atoms with Gasteiger partial charge in [-0.2, -0.15) is 0 Å². The fraction of sp³-hybridized carbons (Fsp3) is 0.529. The highest BCUT2D eigenvalue weighted by atomic mass is 16.2. The van der Waals surface area contributed by atoms with E-state index in [0.29, 0.717) is 25.2 Å². The predicted molar refractivity (Wildman–Crippen MR) is 89.9 cm³/mol. The SMILES string of the molecule is CCn1ccc(C(=O)N2Cc3nnc(C(C)C)n3[C@@H](C)C2)cc1=O. The van der Waals surface area contributed by atoms with Crippen LogP contribution < -0.4 is 5.56 Å². The van der Waals surface area contributed by atoms with Gasteiger partial charge in [0.05, 0.1) is 12.6 Å². The maximum Gasteiger partial charge on any atom is 0.254 e. The molecule has 1 amide bonds. The van der Waals surface area contributed by atoms with Crippen molar-refractivity contribution < 1.29 is 4.79 Å². The topological polar surface area (TPSA) is 73.0 Å². The summed E-state index contributed by atoms with van der Waals surface area (Å²) in [6.07, 6.45) is 1.67. The van der Waals surface area contributed by atoms with Gasteiger partial charge in [-0.25, -0.2) is 0 Å². The molecule has 2 aromatic rings. The molecule has 3 rings (SSSR count). The van der Waals surface area contributed by atoms with Crippen LogP contribution in [-0.4, -0.2) is 36.7 Å². The zero-order valence-electron chi connectivity index (χ0n) is 14.6. The Balaban J connectivity index is 1.87. The zero-order valence-corrected chi connectivity index (χ0v) is 14.6. The van der Waals surface area contributed by atoms with E-state index in [1.807, 2.05) is 6.92 Å². The largest absolute Gasteiger partial charge is 0.329 e. The quantitative estimate of drug-likeness (QED) is 0.861. The molecular formula is C17H23N5O2. The maximum atomic E-state index is 12.8. The highest BCUT2D eigenvalue weighted by molar-refractivity contribution is 5.94. The first kappa shape index (κ1) is 16.4. The summed E-state index contributed by atoms with van der Waals surface area (Å²) in [6, 6.07) is 3.23. The molecule has 1 atom stereocenters. The summed E-state index contributed by atoms with van der Waals surface area (Å²) in [6.45, 7) is 9.73. The van der Waals surface area contributed by atoms with Gasteiger partial charge in [0.2, 0.25) is 0 Å². The number of nitrogens with zero attached hydrogens (tertiary/aromatic N) is 5. The maximum absolute atomic E-state index is 12.8. The van der Waals surface area contributed by atoms with E-state index in [1.54, 1.807) is 21.7 Å². The van der Waals surface area contributed by atoms with Crippen LogP contribution in [0.1, 0.15) is 61.7 Å². The van der Waals surface area contributed by atoms with Crippen molar-refractivity contribution in [3.05, 3.63) is 45.9 Å². The molecule has 128 valence electrons. The Labute approximate surface area is 140 Å². The first-order chi connectivity index (χ1) is 11.4. The normalized spacial score (nSPS) is 17.2. The second kappa shape index (κ2) is 6.22. The summed E-state index contributed by atoms with van der Waals surface area (Å²) in [4.78, 5) is 26.5. The van der Waals surface area contributed by atoms with E-state index >= 15 is 0 Å². The molecule has 0 bridgehead atoms. The molecule has 7 nitrogen and oxygen atoms in total. The lowest BCUT2D eigenvalue weighted by Gasteiger charge is -2.33. The van der Waals surface area contributed by atoms with Crippen LogP contribution in [-0.2, 0) is 13.1 Å². The second-order valence-corrected chi connectivity index (χ2v) is 6.57. The van der Waals surface area contributed by atoms with Crippen molar-refractivity contribution in [3.8, 4) is 0 Å². The molecule has 3 heterocycles. The number of aromatic nitrogens is 4. The number of fused-ring (bicyclic) bond motifs is 1. The summed E-state index contributed by atoms with van der Waals surface area (Å²) in [5, 5.41) is 8.53. The molecule has 2 aromatic heterocycles. The standard InChI is InChI=1S/C17H23N5O2/c1-5-20-7-6-13(8-15(20)23)17(24)21-9-12(4)22-14(10-21)18-19-16(22)11(2)3/h6-8,11-12H,5,9-10H2,1-4H3/t12-/m0/s1. The summed E-state index contributed by atoms with van der Waals surface area (Å²) < 4.78 is 3.70. The number of hydrogen-bond acceptors (Lipinski definition) is 4. The van der Waals surface area contributed by atoms with Crippen molar-refractivity contribution in [1.82, 2.24) is 24.2 Å². The van der Waals surface area contributed by atoms with Gasteiger partial charge in [0.25, 0.3) is 11.5 Å². The number of aryl methyl sites for hydroxylation is 1. The van der Waals surface area contributed by atoms with Crippen LogP contribution >= 0.6 is 0 Å². The van der Waals surface area contributed by atoms with Gasteiger partial charge in [0.15, 0.2) is 5.82 Å². The highest BCUT2D eigenvalue weighted by Crippen LogP contribution is 2.25. The Kier molecular flexibility index (Phi) is 4.26. The Hall–Kier alpha value is -2.44.